The molecule has 0 aromatic heterocycles. The molecule has 0 saturated heterocycles. The standard InChI is InChI=1S/C17H14O3/c1-10-3-4-12(7-11(10)2)8-16-17(19)14-6-5-13(18)9-15(14)20-16/h3-9,18H,1-2H3. The van der Waals surface area contributed by atoms with Crippen molar-refractivity contribution >= 4 is 11.9 Å². The fourth-order valence-corrected chi connectivity index (χ4v) is 2.18. The van der Waals surface area contributed by atoms with E-state index in [4.69, 9.17) is 4.74 Å². The number of hydrogen-bond acceptors (Lipinski definition) is 3. The molecule has 1 aliphatic heterocycles. The lowest BCUT2D eigenvalue weighted by Gasteiger charge is -2.02. The maximum absolute atomic E-state index is 12.2. The lowest BCUT2D eigenvalue weighted by atomic mass is 10.0. The molecule has 20 heavy (non-hydrogen) atoms. The predicted octanol–water partition coefficient (Wildman–Crippen LogP) is 3.63. The second-order valence-electron chi connectivity index (χ2n) is 4.96. The second kappa shape index (κ2) is 4.53. The highest BCUT2D eigenvalue weighted by molar-refractivity contribution is 6.14. The van der Waals surface area contributed by atoms with Gasteiger partial charge in [0.05, 0.1) is 5.56 Å². The monoisotopic (exact) mass is 266 g/mol. The first-order valence-electron chi connectivity index (χ1n) is 6.39. The number of rotatable bonds is 1. The number of hydrogen-bond donors (Lipinski definition) is 1. The molecule has 3 heteroatoms. The van der Waals surface area contributed by atoms with Crippen molar-refractivity contribution in [2.45, 2.75) is 13.8 Å². The molecule has 3 nitrogen and oxygen atoms in total. The Hall–Kier alpha value is -2.55. The van der Waals surface area contributed by atoms with E-state index in [1.54, 1.807) is 12.1 Å². The zero-order valence-electron chi connectivity index (χ0n) is 11.3. The van der Waals surface area contributed by atoms with E-state index in [2.05, 4.69) is 0 Å². The van der Waals surface area contributed by atoms with Crippen LogP contribution in [0.4, 0.5) is 0 Å². The highest BCUT2D eigenvalue weighted by atomic mass is 16.5. The van der Waals surface area contributed by atoms with Crippen molar-refractivity contribution in [3.63, 3.8) is 0 Å². The molecule has 0 radical (unpaired) electrons. The Labute approximate surface area is 117 Å². The Kier molecular flexibility index (Phi) is 2.83. The largest absolute Gasteiger partial charge is 0.508 e. The van der Waals surface area contributed by atoms with E-state index >= 15 is 0 Å². The van der Waals surface area contributed by atoms with Crippen LogP contribution in [0.3, 0.4) is 0 Å². The summed E-state index contributed by atoms with van der Waals surface area (Å²) in [5.74, 6) is 0.626. The van der Waals surface area contributed by atoms with Gasteiger partial charge >= 0.3 is 0 Å². The topological polar surface area (TPSA) is 46.5 Å². The number of Topliss-reactive ketones (excluding diaryl/α,β-unsaturated/α-hetero) is 1. The van der Waals surface area contributed by atoms with Gasteiger partial charge in [0.15, 0.2) is 5.76 Å². The molecule has 0 atom stereocenters. The van der Waals surface area contributed by atoms with Crippen molar-refractivity contribution in [3.05, 3.63) is 64.4 Å². The number of fused-ring (bicyclic) bond motifs is 1. The summed E-state index contributed by atoms with van der Waals surface area (Å²) in [6, 6.07) is 10.5. The number of phenolic OH excluding ortho intramolecular Hbond substituents is 1. The number of aromatic hydroxyl groups is 1. The van der Waals surface area contributed by atoms with Crippen LogP contribution in [-0.2, 0) is 0 Å². The van der Waals surface area contributed by atoms with Gasteiger partial charge in [-0.05, 0) is 48.7 Å². The maximum Gasteiger partial charge on any atom is 0.231 e. The van der Waals surface area contributed by atoms with Crippen LogP contribution in [0.15, 0.2) is 42.2 Å². The van der Waals surface area contributed by atoms with E-state index in [-0.39, 0.29) is 17.3 Å². The van der Waals surface area contributed by atoms with Gasteiger partial charge in [-0.1, -0.05) is 18.2 Å². The summed E-state index contributed by atoms with van der Waals surface area (Å²) in [6.45, 7) is 4.07. The molecule has 3 rings (SSSR count). The van der Waals surface area contributed by atoms with Gasteiger partial charge in [0.2, 0.25) is 5.78 Å². The number of aryl methyl sites for hydroxylation is 2. The van der Waals surface area contributed by atoms with Gasteiger partial charge in [-0.3, -0.25) is 4.79 Å². The molecule has 0 spiro atoms. The first-order chi connectivity index (χ1) is 9.54. The Bertz CT molecular complexity index is 742. The summed E-state index contributed by atoms with van der Waals surface area (Å²) >= 11 is 0. The van der Waals surface area contributed by atoms with Gasteiger partial charge in [-0.25, -0.2) is 0 Å². The van der Waals surface area contributed by atoms with Gasteiger partial charge in [0.25, 0.3) is 0 Å². The van der Waals surface area contributed by atoms with Crippen LogP contribution in [0.5, 0.6) is 11.5 Å². The number of ether oxygens (including phenoxy) is 1. The second-order valence-corrected chi connectivity index (χ2v) is 4.96. The minimum atomic E-state index is -0.154. The highest BCUT2D eigenvalue weighted by Crippen LogP contribution is 2.34. The molecule has 0 unspecified atom stereocenters. The van der Waals surface area contributed by atoms with Crippen molar-refractivity contribution in [1.82, 2.24) is 0 Å². The number of carbonyl (C=O) groups is 1. The third-order valence-electron chi connectivity index (χ3n) is 3.48. The van der Waals surface area contributed by atoms with Crippen molar-refractivity contribution in [2.24, 2.45) is 0 Å². The molecule has 1 aliphatic rings. The Morgan fingerprint density at radius 3 is 2.60 bits per heavy atom. The molecule has 0 amide bonds. The molecule has 2 aromatic carbocycles. The summed E-state index contributed by atoms with van der Waals surface area (Å²) in [5.41, 5.74) is 3.78. The molecule has 1 N–H and O–H groups in total. The van der Waals surface area contributed by atoms with E-state index in [1.807, 2.05) is 32.0 Å². The maximum atomic E-state index is 12.2. The average molecular weight is 266 g/mol. The van der Waals surface area contributed by atoms with Crippen LogP contribution in [0.25, 0.3) is 6.08 Å². The highest BCUT2D eigenvalue weighted by Gasteiger charge is 2.27. The van der Waals surface area contributed by atoms with Crippen molar-refractivity contribution in [1.29, 1.82) is 0 Å². The Morgan fingerprint density at radius 2 is 1.85 bits per heavy atom. The van der Waals surface area contributed by atoms with Crippen LogP contribution in [-0.4, -0.2) is 10.9 Å². The van der Waals surface area contributed by atoms with Gasteiger partial charge in [0, 0.05) is 6.07 Å². The SMILES string of the molecule is Cc1ccc(C=C2Oc3cc(O)ccc3C2=O)cc1C. The molecule has 0 bridgehead atoms. The lowest BCUT2D eigenvalue weighted by Crippen LogP contribution is -1.98. The number of carbonyl (C=O) groups excluding carboxylic acids is 1. The number of allylic oxidation sites excluding steroid dienone is 1. The van der Waals surface area contributed by atoms with Crippen molar-refractivity contribution < 1.29 is 14.6 Å². The van der Waals surface area contributed by atoms with Gasteiger partial charge in [-0.2, -0.15) is 0 Å². The molecule has 0 saturated carbocycles. The van der Waals surface area contributed by atoms with E-state index < -0.39 is 0 Å². The fraction of sp³-hybridized carbons (Fsp3) is 0.118. The molecular formula is C17H14O3. The third kappa shape index (κ3) is 2.07. The summed E-state index contributed by atoms with van der Waals surface area (Å²) in [5, 5.41) is 9.41. The molecule has 0 aliphatic carbocycles. The van der Waals surface area contributed by atoms with E-state index in [0.717, 1.165) is 5.56 Å². The zero-order chi connectivity index (χ0) is 14.3. The molecule has 100 valence electrons. The number of phenols is 1. The van der Waals surface area contributed by atoms with Gasteiger partial charge in [0.1, 0.15) is 11.5 Å². The summed E-state index contributed by atoms with van der Waals surface area (Å²) in [7, 11) is 0. The van der Waals surface area contributed by atoms with Gasteiger partial charge < -0.3 is 9.84 Å². The third-order valence-corrected chi connectivity index (χ3v) is 3.48. The number of ketones is 1. The zero-order valence-corrected chi connectivity index (χ0v) is 11.3. The van der Waals surface area contributed by atoms with Crippen LogP contribution in [0.1, 0.15) is 27.0 Å². The fourth-order valence-electron chi connectivity index (χ4n) is 2.18. The average Bonchev–Trinajstić information content (AvgIpc) is 2.70. The normalized spacial score (nSPS) is 15.3. The summed E-state index contributed by atoms with van der Waals surface area (Å²) in [4.78, 5) is 12.2. The minimum Gasteiger partial charge on any atom is -0.508 e. The van der Waals surface area contributed by atoms with Crippen LogP contribution in [0.2, 0.25) is 0 Å². The quantitative estimate of drug-likeness (QED) is 0.802. The van der Waals surface area contributed by atoms with E-state index in [0.29, 0.717) is 11.3 Å². The molecular weight excluding hydrogens is 252 g/mol. The van der Waals surface area contributed by atoms with Crippen molar-refractivity contribution in [3.8, 4) is 11.5 Å². The van der Waals surface area contributed by atoms with E-state index in [9.17, 15) is 9.90 Å². The van der Waals surface area contributed by atoms with Crippen LogP contribution in [0, 0.1) is 13.8 Å². The van der Waals surface area contributed by atoms with Crippen LogP contribution < -0.4 is 4.74 Å². The number of benzene rings is 2. The lowest BCUT2D eigenvalue weighted by molar-refractivity contribution is 0.101. The van der Waals surface area contributed by atoms with Crippen molar-refractivity contribution in [2.75, 3.05) is 0 Å². The Morgan fingerprint density at radius 1 is 1.05 bits per heavy atom. The molecule has 1 heterocycles. The first-order valence-corrected chi connectivity index (χ1v) is 6.39. The smallest absolute Gasteiger partial charge is 0.231 e. The van der Waals surface area contributed by atoms with E-state index in [1.165, 1.54) is 23.3 Å². The molecule has 0 fully saturated rings. The van der Waals surface area contributed by atoms with Crippen LogP contribution >= 0.6 is 0 Å². The van der Waals surface area contributed by atoms with Gasteiger partial charge in [-0.15, -0.1) is 0 Å². The predicted molar refractivity (Wildman–Crippen MR) is 77.0 cm³/mol. The Balaban J connectivity index is 1.99. The molecule has 2 aromatic rings. The minimum absolute atomic E-state index is 0.0870. The summed E-state index contributed by atoms with van der Waals surface area (Å²) in [6.07, 6.45) is 1.73. The first kappa shape index (κ1) is 12.5. The summed E-state index contributed by atoms with van der Waals surface area (Å²) < 4.78 is 5.53.